The van der Waals surface area contributed by atoms with Crippen LogP contribution in [0.3, 0.4) is 0 Å². The molecule has 0 heterocycles. The molecule has 1 aromatic carbocycles. The molecule has 0 bridgehead atoms. The summed E-state index contributed by atoms with van der Waals surface area (Å²) in [4.78, 5) is 10.7. The first kappa shape index (κ1) is 9.58. The molecule has 13 heavy (non-hydrogen) atoms. The topological polar surface area (TPSA) is 35.5 Å². The maximum absolute atomic E-state index is 10.7. The molecule has 0 saturated heterocycles. The zero-order valence-corrected chi connectivity index (χ0v) is 7.32. The second-order valence-corrected chi connectivity index (χ2v) is 2.43. The van der Waals surface area contributed by atoms with E-state index in [0.29, 0.717) is 11.3 Å². The van der Waals surface area contributed by atoms with Crippen molar-refractivity contribution in [3.63, 3.8) is 0 Å². The highest BCUT2D eigenvalue weighted by atomic mass is 16.6. The second-order valence-electron chi connectivity index (χ2n) is 2.43. The minimum Gasteiger partial charge on any atom is -0.482 e. The van der Waals surface area contributed by atoms with Crippen LogP contribution in [-0.4, -0.2) is 19.7 Å². The Morgan fingerprint density at radius 3 is 2.54 bits per heavy atom. The second kappa shape index (κ2) is 4.50. The first-order chi connectivity index (χ1) is 6.22. The molecule has 1 aromatic rings. The van der Waals surface area contributed by atoms with E-state index in [1.807, 2.05) is 0 Å². The van der Waals surface area contributed by atoms with Gasteiger partial charge in [-0.05, 0) is 24.6 Å². The highest BCUT2D eigenvalue weighted by Crippen LogP contribution is 2.10. The largest absolute Gasteiger partial charge is 0.482 e. The molecule has 0 atom stereocenters. The monoisotopic (exact) mass is 178 g/mol. The molecule has 2 radical (unpaired) electrons. The van der Waals surface area contributed by atoms with Gasteiger partial charge in [-0.15, -0.1) is 0 Å². The van der Waals surface area contributed by atoms with Gasteiger partial charge in [0.1, 0.15) is 5.75 Å². The van der Waals surface area contributed by atoms with E-state index in [9.17, 15) is 4.79 Å². The average molecular weight is 178 g/mol. The summed E-state index contributed by atoms with van der Waals surface area (Å²) in [7, 11) is 1.31. The molecule has 1 rings (SSSR count). The number of methoxy groups -OCH3 is 1. The van der Waals surface area contributed by atoms with Gasteiger partial charge in [0.25, 0.3) is 0 Å². The summed E-state index contributed by atoms with van der Waals surface area (Å²) in [5.41, 5.74) is 0.658. The molecule has 3 heteroatoms. The molecular weight excluding hydrogens is 168 g/mol. The lowest BCUT2D eigenvalue weighted by molar-refractivity contribution is -0.142. The fraction of sp³-hybridized carbons (Fsp3) is 0.200. The molecule has 0 aliphatic heterocycles. The van der Waals surface area contributed by atoms with E-state index in [2.05, 4.69) is 4.74 Å². The Hall–Kier alpha value is -1.51. The summed E-state index contributed by atoms with van der Waals surface area (Å²) in [6.45, 7) is 5.38. The predicted molar refractivity (Wildman–Crippen MR) is 47.4 cm³/mol. The molecule has 68 valence electrons. The van der Waals surface area contributed by atoms with Crippen LogP contribution in [-0.2, 0) is 9.53 Å². The van der Waals surface area contributed by atoms with E-state index in [-0.39, 0.29) is 6.61 Å². The van der Waals surface area contributed by atoms with Crippen molar-refractivity contribution in [3.8, 4) is 5.75 Å². The molecule has 0 spiro atoms. The lowest BCUT2D eigenvalue weighted by Crippen LogP contribution is -2.12. The maximum atomic E-state index is 10.7. The van der Waals surface area contributed by atoms with Crippen LogP contribution in [0.1, 0.15) is 5.56 Å². The van der Waals surface area contributed by atoms with Gasteiger partial charge in [0.15, 0.2) is 6.61 Å². The van der Waals surface area contributed by atoms with Gasteiger partial charge < -0.3 is 9.47 Å². The van der Waals surface area contributed by atoms with Crippen molar-refractivity contribution in [2.45, 2.75) is 0 Å². The summed E-state index contributed by atoms with van der Waals surface area (Å²) >= 11 is 0. The average Bonchev–Trinajstić information content (AvgIpc) is 2.16. The fourth-order valence-electron chi connectivity index (χ4n) is 0.765. The molecule has 3 nitrogen and oxygen atoms in total. The molecule has 0 aliphatic carbocycles. The van der Waals surface area contributed by atoms with Crippen molar-refractivity contribution in [1.29, 1.82) is 0 Å². The molecule has 0 saturated carbocycles. The Bertz CT molecular complexity index is 277. The van der Waals surface area contributed by atoms with E-state index in [1.165, 1.54) is 7.11 Å². The third kappa shape index (κ3) is 3.15. The van der Waals surface area contributed by atoms with Crippen LogP contribution >= 0.6 is 0 Å². The Labute approximate surface area is 77.3 Å². The Kier molecular flexibility index (Phi) is 3.31. The van der Waals surface area contributed by atoms with Crippen LogP contribution in [0.5, 0.6) is 5.75 Å². The number of ether oxygens (including phenoxy) is 2. The number of carbonyl (C=O) groups excluding carboxylic acids is 1. The summed E-state index contributed by atoms with van der Waals surface area (Å²) in [5.74, 6) is 0.191. The van der Waals surface area contributed by atoms with Gasteiger partial charge in [-0.1, -0.05) is 12.1 Å². The molecule has 0 aliphatic rings. The summed E-state index contributed by atoms with van der Waals surface area (Å²) in [5, 5.41) is 0. The Morgan fingerprint density at radius 1 is 1.38 bits per heavy atom. The molecule has 0 N–H and O–H groups in total. The third-order valence-corrected chi connectivity index (χ3v) is 1.46. The minimum atomic E-state index is -0.406. The van der Waals surface area contributed by atoms with E-state index >= 15 is 0 Å². The first-order valence-corrected chi connectivity index (χ1v) is 3.77. The van der Waals surface area contributed by atoms with Crippen molar-refractivity contribution >= 4 is 5.97 Å². The van der Waals surface area contributed by atoms with Crippen molar-refractivity contribution in [3.05, 3.63) is 36.8 Å². The molecule has 0 amide bonds. The smallest absolute Gasteiger partial charge is 0.343 e. The van der Waals surface area contributed by atoms with Crippen LogP contribution in [0, 0.1) is 6.92 Å². The van der Waals surface area contributed by atoms with Gasteiger partial charge >= 0.3 is 5.97 Å². The van der Waals surface area contributed by atoms with E-state index in [0.717, 1.165) is 0 Å². The van der Waals surface area contributed by atoms with Crippen LogP contribution < -0.4 is 4.74 Å². The summed E-state index contributed by atoms with van der Waals surface area (Å²) in [6.07, 6.45) is 0. The van der Waals surface area contributed by atoms with Crippen molar-refractivity contribution in [2.75, 3.05) is 13.7 Å². The van der Waals surface area contributed by atoms with Crippen molar-refractivity contribution < 1.29 is 14.3 Å². The Morgan fingerprint density at radius 2 is 2.00 bits per heavy atom. The number of rotatable bonds is 3. The normalized spacial score (nSPS) is 9.38. The van der Waals surface area contributed by atoms with Gasteiger partial charge in [0.2, 0.25) is 0 Å². The van der Waals surface area contributed by atoms with Gasteiger partial charge in [-0.25, -0.2) is 4.79 Å². The molecular formula is C10H10O3. The number of hydrogen-bond acceptors (Lipinski definition) is 3. The van der Waals surface area contributed by atoms with Gasteiger partial charge in [0.05, 0.1) is 7.11 Å². The standard InChI is InChI=1S/C10H10O3/c1-8-3-5-9(6-4-8)13-7-10(11)12-2/h1,3-6H,7H2,2H3. The molecule has 0 fully saturated rings. The highest BCUT2D eigenvalue weighted by Gasteiger charge is 2.00. The summed E-state index contributed by atoms with van der Waals surface area (Å²) in [6, 6.07) is 6.79. The first-order valence-electron chi connectivity index (χ1n) is 3.77. The predicted octanol–water partition coefficient (Wildman–Crippen LogP) is 1.30. The number of hydrogen-bond donors (Lipinski definition) is 0. The lowest BCUT2D eigenvalue weighted by Gasteiger charge is -2.03. The molecule has 0 unspecified atom stereocenters. The van der Waals surface area contributed by atoms with E-state index < -0.39 is 5.97 Å². The van der Waals surface area contributed by atoms with Crippen molar-refractivity contribution in [1.82, 2.24) is 0 Å². The number of benzene rings is 1. The highest BCUT2D eigenvalue weighted by molar-refractivity contribution is 5.70. The summed E-state index contributed by atoms with van der Waals surface area (Å²) < 4.78 is 9.49. The van der Waals surface area contributed by atoms with E-state index in [1.54, 1.807) is 24.3 Å². The Balaban J connectivity index is 2.46. The van der Waals surface area contributed by atoms with Gasteiger partial charge in [0, 0.05) is 0 Å². The number of carbonyl (C=O) groups is 1. The van der Waals surface area contributed by atoms with Gasteiger partial charge in [-0.3, -0.25) is 0 Å². The zero-order chi connectivity index (χ0) is 9.68. The van der Waals surface area contributed by atoms with Crippen molar-refractivity contribution in [2.24, 2.45) is 0 Å². The quantitative estimate of drug-likeness (QED) is 0.654. The third-order valence-electron chi connectivity index (χ3n) is 1.46. The maximum Gasteiger partial charge on any atom is 0.343 e. The van der Waals surface area contributed by atoms with Crippen LogP contribution in [0.15, 0.2) is 24.3 Å². The van der Waals surface area contributed by atoms with E-state index in [4.69, 9.17) is 11.7 Å². The molecule has 0 aromatic heterocycles. The van der Waals surface area contributed by atoms with Gasteiger partial charge in [-0.2, -0.15) is 0 Å². The fourth-order valence-corrected chi connectivity index (χ4v) is 0.765. The lowest BCUT2D eigenvalue weighted by atomic mass is 10.2. The minimum absolute atomic E-state index is 0.0829. The SMILES string of the molecule is [CH]c1ccc(OCC(=O)OC)cc1. The zero-order valence-electron chi connectivity index (χ0n) is 7.32. The van der Waals surface area contributed by atoms with Crippen LogP contribution in [0.4, 0.5) is 0 Å². The number of esters is 1. The van der Waals surface area contributed by atoms with Crippen LogP contribution in [0.25, 0.3) is 0 Å². The van der Waals surface area contributed by atoms with Crippen LogP contribution in [0.2, 0.25) is 0 Å².